The highest BCUT2D eigenvalue weighted by Crippen LogP contribution is 2.31. The first-order valence-electron chi connectivity index (χ1n) is 11.3. The maximum absolute atomic E-state index is 15.1. The molecule has 38 heavy (non-hydrogen) atoms. The van der Waals surface area contributed by atoms with Crippen molar-refractivity contribution in [1.82, 2.24) is 9.71 Å². The lowest BCUT2D eigenvalue weighted by molar-refractivity contribution is -0.0283. The Labute approximate surface area is 215 Å². The lowest BCUT2D eigenvalue weighted by atomic mass is 10.00. The summed E-state index contributed by atoms with van der Waals surface area (Å²) in [6.45, 7) is 2.50. The number of anilines is 3. The van der Waals surface area contributed by atoms with E-state index < -0.39 is 68.4 Å². The molecule has 1 aliphatic heterocycles. The highest BCUT2D eigenvalue weighted by molar-refractivity contribution is 7.90. The molecule has 1 saturated heterocycles. The molecule has 0 aliphatic carbocycles. The minimum Gasteiger partial charge on any atom is -0.381 e. The Morgan fingerprint density at radius 1 is 1.08 bits per heavy atom. The van der Waals surface area contributed by atoms with Crippen LogP contribution in [-0.4, -0.2) is 39.1 Å². The second kappa shape index (κ2) is 10.9. The van der Waals surface area contributed by atoms with Crippen molar-refractivity contribution in [2.24, 2.45) is 11.7 Å². The van der Waals surface area contributed by atoms with E-state index >= 15 is 13.2 Å². The molecule has 2 aromatic carbocycles. The number of nitrogens with zero attached hydrogens (tertiary/aromatic N) is 1. The number of rotatable bonds is 10. The van der Waals surface area contributed by atoms with E-state index in [1.165, 1.54) is 12.1 Å². The minimum atomic E-state index is -4.18. The number of ether oxygens (including phenoxy) is 1. The number of primary amides is 1. The zero-order valence-electron chi connectivity index (χ0n) is 19.9. The lowest BCUT2D eigenvalue weighted by Gasteiger charge is -2.25. The van der Waals surface area contributed by atoms with Gasteiger partial charge in [-0.15, -0.1) is 0 Å². The van der Waals surface area contributed by atoms with E-state index in [-0.39, 0.29) is 23.7 Å². The number of nitrogens with one attached hydrogen (secondary N) is 3. The van der Waals surface area contributed by atoms with Crippen LogP contribution in [0, 0.1) is 36.1 Å². The molecular formula is C24H23F4N5O4S. The normalized spacial score (nSPS) is 13.7. The van der Waals surface area contributed by atoms with Crippen molar-refractivity contribution in [2.45, 2.75) is 13.3 Å². The van der Waals surface area contributed by atoms with Crippen LogP contribution < -0.4 is 20.5 Å². The highest BCUT2D eigenvalue weighted by Gasteiger charge is 2.25. The molecule has 0 unspecified atom stereocenters. The standard InChI is InChI=1S/C24H23F4N5O4S/c1-12-2-3-18(17(25)6-12)32-22-16(23(29)34)8-15(19(26)21(22)28)7-14-4-5-30-24(20(14)27)33-38(35,36)31-9-13-10-37-11-13/h2-6,8,13,31-32H,7,9-11H2,1H3,(H2,29,34)(H,30,33). The van der Waals surface area contributed by atoms with Crippen LogP contribution in [0.25, 0.3) is 0 Å². The molecule has 3 aromatic rings. The molecule has 1 aromatic heterocycles. The fourth-order valence-corrected chi connectivity index (χ4v) is 4.59. The van der Waals surface area contributed by atoms with Crippen molar-refractivity contribution in [3.8, 4) is 0 Å². The Kier molecular flexibility index (Phi) is 7.85. The summed E-state index contributed by atoms with van der Waals surface area (Å²) in [6.07, 6.45) is 0.494. The van der Waals surface area contributed by atoms with Gasteiger partial charge >= 0.3 is 0 Å². The van der Waals surface area contributed by atoms with Crippen LogP contribution >= 0.6 is 0 Å². The number of hydrogen-bond acceptors (Lipinski definition) is 6. The topological polar surface area (TPSA) is 135 Å². The molecule has 0 radical (unpaired) electrons. The Bertz CT molecular complexity index is 1500. The number of hydrogen-bond donors (Lipinski definition) is 4. The summed E-state index contributed by atoms with van der Waals surface area (Å²) in [6, 6.07) is 6.02. The van der Waals surface area contributed by atoms with Crippen LogP contribution in [0.2, 0.25) is 0 Å². The number of benzene rings is 2. The second-order valence-corrected chi connectivity index (χ2v) is 10.2. The molecule has 1 amide bonds. The smallest absolute Gasteiger partial charge is 0.300 e. The monoisotopic (exact) mass is 553 g/mol. The summed E-state index contributed by atoms with van der Waals surface area (Å²) < 4.78 is 93.2. The van der Waals surface area contributed by atoms with Gasteiger partial charge in [0.05, 0.1) is 30.2 Å². The molecule has 9 nitrogen and oxygen atoms in total. The van der Waals surface area contributed by atoms with Gasteiger partial charge in [-0.3, -0.25) is 9.52 Å². The molecular weight excluding hydrogens is 530 g/mol. The fourth-order valence-electron chi connectivity index (χ4n) is 3.67. The molecule has 0 bridgehead atoms. The number of carbonyl (C=O) groups excluding carboxylic acids is 1. The van der Waals surface area contributed by atoms with Crippen molar-refractivity contribution in [1.29, 1.82) is 0 Å². The lowest BCUT2D eigenvalue weighted by Crippen LogP contribution is -2.41. The quantitative estimate of drug-likeness (QED) is 0.285. The SMILES string of the molecule is Cc1ccc(Nc2c(C(N)=O)cc(Cc3ccnc(NS(=O)(=O)NCC4COC4)c3F)c(F)c2F)c(F)c1. The van der Waals surface area contributed by atoms with Gasteiger partial charge in [-0.1, -0.05) is 6.07 Å². The largest absolute Gasteiger partial charge is 0.381 e. The Balaban J connectivity index is 1.61. The van der Waals surface area contributed by atoms with Crippen molar-refractivity contribution in [3.05, 3.63) is 82.1 Å². The fraction of sp³-hybridized carbons (Fsp3) is 0.250. The number of nitrogens with two attached hydrogens (primary N) is 1. The van der Waals surface area contributed by atoms with Gasteiger partial charge in [-0.05, 0) is 47.9 Å². The van der Waals surface area contributed by atoms with E-state index in [2.05, 4.69) is 15.0 Å². The summed E-state index contributed by atoms with van der Waals surface area (Å²) >= 11 is 0. The predicted molar refractivity (Wildman–Crippen MR) is 131 cm³/mol. The molecule has 2 heterocycles. The maximum atomic E-state index is 15.1. The third-order valence-corrected chi connectivity index (χ3v) is 6.79. The zero-order chi connectivity index (χ0) is 27.6. The van der Waals surface area contributed by atoms with E-state index in [9.17, 15) is 17.6 Å². The van der Waals surface area contributed by atoms with Crippen LogP contribution in [0.4, 0.5) is 34.8 Å². The molecule has 0 spiro atoms. The Morgan fingerprint density at radius 3 is 2.45 bits per heavy atom. The number of halogens is 4. The van der Waals surface area contributed by atoms with E-state index in [0.717, 1.165) is 24.4 Å². The third kappa shape index (κ3) is 6.03. The van der Waals surface area contributed by atoms with Crippen LogP contribution in [-0.2, 0) is 21.4 Å². The maximum Gasteiger partial charge on any atom is 0.300 e. The molecule has 1 fully saturated rings. The van der Waals surface area contributed by atoms with Crippen molar-refractivity contribution in [2.75, 3.05) is 29.8 Å². The van der Waals surface area contributed by atoms with Crippen molar-refractivity contribution >= 4 is 33.3 Å². The van der Waals surface area contributed by atoms with E-state index in [0.29, 0.717) is 18.8 Å². The Morgan fingerprint density at radius 2 is 1.82 bits per heavy atom. The number of aryl methyl sites for hydroxylation is 1. The van der Waals surface area contributed by atoms with Gasteiger partial charge in [0.15, 0.2) is 23.3 Å². The molecule has 202 valence electrons. The average molecular weight is 554 g/mol. The molecule has 5 N–H and O–H groups in total. The van der Waals surface area contributed by atoms with Gasteiger partial charge in [-0.2, -0.15) is 13.1 Å². The number of aromatic nitrogens is 1. The van der Waals surface area contributed by atoms with Gasteiger partial charge in [0, 0.05) is 25.1 Å². The van der Waals surface area contributed by atoms with Crippen LogP contribution in [0.15, 0.2) is 36.5 Å². The zero-order valence-corrected chi connectivity index (χ0v) is 20.8. The van der Waals surface area contributed by atoms with E-state index in [1.54, 1.807) is 6.92 Å². The first-order chi connectivity index (χ1) is 17.9. The summed E-state index contributed by atoms with van der Waals surface area (Å²) in [7, 11) is -4.18. The summed E-state index contributed by atoms with van der Waals surface area (Å²) in [5.74, 6) is -6.68. The molecule has 14 heteroatoms. The summed E-state index contributed by atoms with van der Waals surface area (Å²) in [5.41, 5.74) is 3.83. The van der Waals surface area contributed by atoms with E-state index in [4.69, 9.17) is 10.5 Å². The van der Waals surface area contributed by atoms with Crippen LogP contribution in [0.1, 0.15) is 27.0 Å². The molecule has 4 rings (SSSR count). The highest BCUT2D eigenvalue weighted by atomic mass is 32.2. The van der Waals surface area contributed by atoms with Gasteiger partial charge < -0.3 is 15.8 Å². The van der Waals surface area contributed by atoms with Crippen LogP contribution in [0.3, 0.4) is 0 Å². The van der Waals surface area contributed by atoms with Gasteiger partial charge in [-0.25, -0.2) is 22.5 Å². The summed E-state index contributed by atoms with van der Waals surface area (Å²) in [4.78, 5) is 15.7. The van der Waals surface area contributed by atoms with Crippen LogP contribution in [0.5, 0.6) is 0 Å². The second-order valence-electron chi connectivity index (χ2n) is 8.73. The average Bonchev–Trinajstić information content (AvgIpc) is 2.81. The molecule has 0 saturated carbocycles. The minimum absolute atomic E-state index is 0.00648. The van der Waals surface area contributed by atoms with Gasteiger partial charge in [0.1, 0.15) is 5.82 Å². The number of pyridine rings is 1. The summed E-state index contributed by atoms with van der Waals surface area (Å²) in [5, 5.41) is 2.36. The number of carbonyl (C=O) groups is 1. The molecule has 1 aliphatic rings. The molecule has 0 atom stereocenters. The number of amides is 1. The van der Waals surface area contributed by atoms with Gasteiger partial charge in [0.2, 0.25) is 0 Å². The first-order valence-corrected chi connectivity index (χ1v) is 12.8. The van der Waals surface area contributed by atoms with Crippen molar-refractivity contribution < 1.29 is 35.5 Å². The van der Waals surface area contributed by atoms with Gasteiger partial charge in [0.25, 0.3) is 16.1 Å². The predicted octanol–water partition coefficient (Wildman–Crippen LogP) is 3.27. The van der Waals surface area contributed by atoms with Crippen molar-refractivity contribution in [3.63, 3.8) is 0 Å². The first kappa shape index (κ1) is 27.3. The Hall–Kier alpha value is -3.75. The third-order valence-electron chi connectivity index (χ3n) is 5.78. The van der Waals surface area contributed by atoms with E-state index in [1.807, 2.05) is 4.72 Å².